The maximum absolute atomic E-state index is 13.7. The molecule has 0 aliphatic carbocycles. The van der Waals surface area contributed by atoms with Gasteiger partial charge in [-0.1, -0.05) is 48.0 Å². The summed E-state index contributed by atoms with van der Waals surface area (Å²) in [7, 11) is -4.31. The number of nitro groups is 1. The summed E-state index contributed by atoms with van der Waals surface area (Å²) in [5.41, 5.74) is 0.275. The van der Waals surface area contributed by atoms with Crippen LogP contribution < -0.4 is 9.62 Å². The third kappa shape index (κ3) is 6.87. The zero-order chi connectivity index (χ0) is 27.9. The van der Waals surface area contributed by atoms with Crippen LogP contribution in [0.15, 0.2) is 83.8 Å². The summed E-state index contributed by atoms with van der Waals surface area (Å²) >= 11 is 5.98. The Hall–Kier alpha value is -3.96. The normalized spacial score (nSPS) is 11.9. The van der Waals surface area contributed by atoms with E-state index in [0.29, 0.717) is 17.1 Å². The van der Waals surface area contributed by atoms with Gasteiger partial charge in [0.2, 0.25) is 11.8 Å². The second-order valence-corrected chi connectivity index (χ2v) is 10.6. The number of amides is 2. The van der Waals surface area contributed by atoms with Crippen molar-refractivity contribution >= 4 is 44.8 Å². The van der Waals surface area contributed by atoms with Crippen molar-refractivity contribution in [3.8, 4) is 0 Å². The Kier molecular flexibility index (Phi) is 9.43. The van der Waals surface area contributed by atoms with Crippen molar-refractivity contribution in [2.24, 2.45) is 0 Å². The number of carbonyl (C=O) groups is 2. The molecule has 1 N–H and O–H groups in total. The first-order valence-electron chi connectivity index (χ1n) is 11.7. The fourth-order valence-corrected chi connectivity index (χ4v) is 5.25. The molecular weight excluding hydrogens is 532 g/mol. The Morgan fingerprint density at radius 3 is 2.29 bits per heavy atom. The van der Waals surface area contributed by atoms with Crippen LogP contribution in [0, 0.1) is 10.1 Å². The second-order valence-electron chi connectivity index (χ2n) is 8.32. The van der Waals surface area contributed by atoms with Crippen molar-refractivity contribution in [3.05, 3.63) is 99.6 Å². The molecule has 10 nitrogen and oxygen atoms in total. The number of rotatable bonds is 11. The van der Waals surface area contributed by atoms with Gasteiger partial charge in [-0.15, -0.1) is 0 Å². The maximum Gasteiger partial charge on any atom is 0.271 e. The summed E-state index contributed by atoms with van der Waals surface area (Å²) in [5.74, 6) is -1.09. The molecule has 38 heavy (non-hydrogen) atoms. The van der Waals surface area contributed by atoms with Gasteiger partial charge >= 0.3 is 0 Å². The van der Waals surface area contributed by atoms with Gasteiger partial charge in [-0.05, 0) is 49.7 Å². The molecule has 0 bridgehead atoms. The van der Waals surface area contributed by atoms with Gasteiger partial charge in [0.15, 0.2) is 0 Å². The molecule has 3 aromatic rings. The monoisotopic (exact) mass is 558 g/mol. The van der Waals surface area contributed by atoms with Crippen molar-refractivity contribution < 1.29 is 22.9 Å². The minimum atomic E-state index is -4.31. The molecule has 0 aromatic heterocycles. The van der Waals surface area contributed by atoms with Crippen molar-refractivity contribution in [2.75, 3.05) is 17.4 Å². The van der Waals surface area contributed by atoms with Crippen molar-refractivity contribution in [3.63, 3.8) is 0 Å². The number of nitro benzene ring substituents is 1. The Labute approximate surface area is 226 Å². The third-order valence-electron chi connectivity index (χ3n) is 5.72. The van der Waals surface area contributed by atoms with Crippen molar-refractivity contribution in [2.45, 2.75) is 31.3 Å². The molecule has 0 aliphatic heterocycles. The highest BCUT2D eigenvalue weighted by atomic mass is 35.5. The quantitative estimate of drug-likeness (QED) is 0.280. The molecule has 200 valence electrons. The van der Waals surface area contributed by atoms with Crippen molar-refractivity contribution in [1.29, 1.82) is 0 Å². The fourth-order valence-electron chi connectivity index (χ4n) is 3.70. The lowest BCUT2D eigenvalue weighted by Crippen LogP contribution is -2.51. The summed E-state index contributed by atoms with van der Waals surface area (Å²) in [5, 5.41) is 14.6. The van der Waals surface area contributed by atoms with Gasteiger partial charge in [-0.25, -0.2) is 8.42 Å². The van der Waals surface area contributed by atoms with Gasteiger partial charge in [0.05, 0.1) is 15.5 Å². The van der Waals surface area contributed by atoms with Crippen LogP contribution in [0.4, 0.5) is 11.4 Å². The number of benzene rings is 3. The topological polar surface area (TPSA) is 130 Å². The van der Waals surface area contributed by atoms with Crippen LogP contribution in [0.1, 0.15) is 19.4 Å². The predicted octanol–water partition coefficient (Wildman–Crippen LogP) is 4.00. The van der Waals surface area contributed by atoms with Crippen LogP contribution in [-0.2, 0) is 26.2 Å². The lowest BCUT2D eigenvalue weighted by molar-refractivity contribution is -0.384. The van der Waals surface area contributed by atoms with E-state index < -0.39 is 39.3 Å². The summed E-state index contributed by atoms with van der Waals surface area (Å²) < 4.78 is 28.1. The average Bonchev–Trinajstić information content (AvgIpc) is 2.91. The Bertz CT molecular complexity index is 1400. The van der Waals surface area contributed by atoms with E-state index in [-0.39, 0.29) is 22.8 Å². The molecule has 0 spiro atoms. The van der Waals surface area contributed by atoms with E-state index in [9.17, 15) is 28.1 Å². The average molecular weight is 559 g/mol. The first kappa shape index (κ1) is 28.6. The zero-order valence-corrected chi connectivity index (χ0v) is 22.4. The summed E-state index contributed by atoms with van der Waals surface area (Å²) in [6.07, 6.45) is 0. The first-order chi connectivity index (χ1) is 18.0. The van der Waals surface area contributed by atoms with Gasteiger partial charge in [0.1, 0.15) is 12.6 Å². The Balaban J connectivity index is 2.05. The molecule has 0 aliphatic rings. The van der Waals surface area contributed by atoms with Crippen molar-refractivity contribution in [1.82, 2.24) is 10.2 Å². The summed E-state index contributed by atoms with van der Waals surface area (Å²) in [6, 6.07) is 18.2. The minimum absolute atomic E-state index is 0.00245. The van der Waals surface area contributed by atoms with Gasteiger partial charge in [0.25, 0.3) is 15.7 Å². The van der Waals surface area contributed by atoms with E-state index in [2.05, 4.69) is 5.32 Å². The number of nitrogens with zero attached hydrogens (tertiary/aromatic N) is 3. The zero-order valence-electron chi connectivity index (χ0n) is 20.8. The Morgan fingerprint density at radius 2 is 1.68 bits per heavy atom. The van der Waals surface area contributed by atoms with E-state index in [0.717, 1.165) is 10.4 Å². The molecule has 12 heteroatoms. The van der Waals surface area contributed by atoms with Gasteiger partial charge in [-0.2, -0.15) is 0 Å². The smallest absolute Gasteiger partial charge is 0.271 e. The summed E-state index contributed by atoms with van der Waals surface area (Å²) in [6.45, 7) is 2.93. The van der Waals surface area contributed by atoms with Crippen LogP contribution in [0.25, 0.3) is 0 Å². The fraction of sp³-hybridized carbons (Fsp3) is 0.231. The second kappa shape index (κ2) is 12.5. The molecule has 0 saturated carbocycles. The SMILES string of the molecule is CCNC(=O)C(C)N(Cc1ccc(Cl)cc1)C(=O)CN(c1cccc([N+](=O)[O-])c1)S(=O)(=O)c1ccccc1. The van der Waals surface area contributed by atoms with Gasteiger partial charge in [-0.3, -0.25) is 24.0 Å². The molecule has 1 atom stereocenters. The standard InChI is InChI=1S/C26H27ClN4O6S/c1-3-28-26(33)19(2)29(17-20-12-14-21(27)15-13-20)25(32)18-30(22-8-7-9-23(16-22)31(34)35)38(36,37)24-10-5-4-6-11-24/h4-16,19H,3,17-18H2,1-2H3,(H,28,33). The van der Waals surface area contributed by atoms with Gasteiger partial charge < -0.3 is 10.2 Å². The number of hydrogen-bond donors (Lipinski definition) is 1. The lowest BCUT2D eigenvalue weighted by atomic mass is 10.1. The van der Waals surface area contributed by atoms with E-state index in [1.165, 1.54) is 47.4 Å². The minimum Gasteiger partial charge on any atom is -0.355 e. The summed E-state index contributed by atoms with van der Waals surface area (Å²) in [4.78, 5) is 38.3. The number of halogens is 1. The molecule has 2 amide bonds. The maximum atomic E-state index is 13.7. The predicted molar refractivity (Wildman–Crippen MR) is 144 cm³/mol. The number of carbonyl (C=O) groups excluding carboxylic acids is 2. The van der Waals surface area contributed by atoms with E-state index in [1.54, 1.807) is 44.2 Å². The van der Waals surface area contributed by atoms with E-state index >= 15 is 0 Å². The number of hydrogen-bond acceptors (Lipinski definition) is 6. The van der Waals surface area contributed by atoms with E-state index in [4.69, 9.17) is 11.6 Å². The highest BCUT2D eigenvalue weighted by molar-refractivity contribution is 7.92. The number of nitrogens with one attached hydrogen (secondary N) is 1. The number of sulfonamides is 1. The highest BCUT2D eigenvalue weighted by Gasteiger charge is 2.33. The first-order valence-corrected chi connectivity index (χ1v) is 13.5. The highest BCUT2D eigenvalue weighted by Crippen LogP contribution is 2.27. The molecule has 0 radical (unpaired) electrons. The molecular formula is C26H27ClN4O6S. The van der Waals surface area contributed by atoms with Crippen LogP contribution in [0.3, 0.4) is 0 Å². The Morgan fingerprint density at radius 1 is 1.03 bits per heavy atom. The molecule has 0 heterocycles. The number of non-ortho nitro benzene ring substituents is 1. The van der Waals surface area contributed by atoms with Crippen LogP contribution >= 0.6 is 11.6 Å². The number of likely N-dealkylation sites (N-methyl/N-ethyl adjacent to an activating group) is 1. The molecule has 1 unspecified atom stereocenters. The lowest BCUT2D eigenvalue weighted by Gasteiger charge is -2.32. The molecule has 0 saturated heterocycles. The van der Waals surface area contributed by atoms with E-state index in [1.807, 2.05) is 0 Å². The third-order valence-corrected chi connectivity index (χ3v) is 7.76. The van der Waals surface area contributed by atoms with Gasteiger partial charge in [0, 0.05) is 30.2 Å². The molecule has 3 rings (SSSR count). The largest absolute Gasteiger partial charge is 0.355 e. The molecule has 0 fully saturated rings. The van der Waals surface area contributed by atoms with Crippen LogP contribution in [0.2, 0.25) is 5.02 Å². The number of anilines is 1. The van der Waals surface area contributed by atoms with Crippen LogP contribution in [0.5, 0.6) is 0 Å². The van der Waals surface area contributed by atoms with Crippen LogP contribution in [-0.4, -0.2) is 49.2 Å². The molecule has 3 aromatic carbocycles.